The number of thioether (sulfide) groups is 1. The summed E-state index contributed by atoms with van der Waals surface area (Å²) in [5.74, 6) is 0.863. The maximum absolute atomic E-state index is 12.8. The van der Waals surface area contributed by atoms with Crippen LogP contribution in [0.15, 0.2) is 66.3 Å². The Morgan fingerprint density at radius 2 is 1.94 bits per heavy atom. The fourth-order valence-electron chi connectivity index (χ4n) is 3.40. The van der Waals surface area contributed by atoms with Gasteiger partial charge in [-0.2, -0.15) is 4.98 Å². The quantitative estimate of drug-likeness (QED) is 0.438. The Hall–Kier alpha value is -3.39. The highest BCUT2D eigenvalue weighted by Gasteiger charge is 2.34. The van der Waals surface area contributed by atoms with E-state index in [0.717, 1.165) is 16.8 Å². The van der Waals surface area contributed by atoms with Crippen LogP contribution in [-0.2, 0) is 4.79 Å². The Bertz CT molecular complexity index is 1120. The molecule has 0 N–H and O–H groups in total. The second-order valence-electron chi connectivity index (χ2n) is 7.21. The third-order valence-electron chi connectivity index (χ3n) is 4.88. The third-order valence-corrected chi connectivity index (χ3v) is 5.71. The molecule has 4 rings (SSSR count). The van der Waals surface area contributed by atoms with Gasteiger partial charge in [-0.15, -0.1) is 16.8 Å². The minimum Gasteiger partial charge on any atom is -0.447 e. The molecule has 0 radical (unpaired) electrons. The minimum absolute atomic E-state index is 0.142. The molecule has 0 aliphatic carbocycles. The smallest absolute Gasteiger partial charge is 0.247 e. The molecule has 0 unspecified atom stereocenters. The zero-order valence-electron chi connectivity index (χ0n) is 17.6. The lowest BCUT2D eigenvalue weighted by Crippen LogP contribution is -2.36. The molecule has 0 bridgehead atoms. The largest absolute Gasteiger partial charge is 0.447 e. The van der Waals surface area contributed by atoms with E-state index < -0.39 is 6.23 Å². The van der Waals surface area contributed by atoms with Gasteiger partial charge in [-0.1, -0.05) is 48.2 Å². The van der Waals surface area contributed by atoms with Crippen LogP contribution < -0.4 is 14.5 Å². The highest BCUT2D eigenvalue weighted by Crippen LogP contribution is 2.43. The number of hydrogen-bond donors (Lipinski definition) is 0. The van der Waals surface area contributed by atoms with E-state index in [4.69, 9.17) is 4.74 Å². The lowest BCUT2D eigenvalue weighted by Gasteiger charge is -2.30. The number of nitrogens with zero attached hydrogens (tertiary/aromatic N) is 5. The number of fused-ring (bicyclic) bond motifs is 3. The zero-order chi connectivity index (χ0) is 22.0. The number of carbonyl (C=O) groups is 1. The first-order valence-electron chi connectivity index (χ1n) is 9.81. The summed E-state index contributed by atoms with van der Waals surface area (Å²) in [6, 6.07) is 15.5. The van der Waals surface area contributed by atoms with Gasteiger partial charge in [-0.25, -0.2) is 0 Å². The Morgan fingerprint density at radius 3 is 2.61 bits per heavy atom. The van der Waals surface area contributed by atoms with E-state index in [1.807, 2.05) is 67.5 Å². The summed E-state index contributed by atoms with van der Waals surface area (Å²) in [4.78, 5) is 21.1. The first-order chi connectivity index (χ1) is 15.0. The van der Waals surface area contributed by atoms with Crippen LogP contribution >= 0.6 is 11.8 Å². The van der Waals surface area contributed by atoms with Gasteiger partial charge >= 0.3 is 0 Å². The molecule has 158 valence electrons. The Labute approximate surface area is 185 Å². The zero-order valence-corrected chi connectivity index (χ0v) is 18.5. The van der Waals surface area contributed by atoms with E-state index in [1.165, 1.54) is 18.7 Å². The average molecular weight is 434 g/mol. The average Bonchev–Trinajstić information content (AvgIpc) is 2.92. The van der Waals surface area contributed by atoms with Crippen molar-refractivity contribution in [3.63, 3.8) is 0 Å². The van der Waals surface area contributed by atoms with E-state index in [1.54, 1.807) is 11.0 Å². The maximum atomic E-state index is 12.8. The molecule has 1 atom stereocenters. The molecule has 0 fully saturated rings. The maximum Gasteiger partial charge on any atom is 0.247 e. The van der Waals surface area contributed by atoms with Gasteiger partial charge in [0.15, 0.2) is 5.69 Å². The summed E-state index contributed by atoms with van der Waals surface area (Å²) >= 11 is 1.42. The van der Waals surface area contributed by atoms with Crippen molar-refractivity contribution in [1.82, 2.24) is 15.2 Å². The van der Waals surface area contributed by atoms with Crippen molar-refractivity contribution in [3.05, 3.63) is 66.7 Å². The van der Waals surface area contributed by atoms with Crippen molar-refractivity contribution < 1.29 is 9.53 Å². The number of ether oxygens (including phenoxy) is 1. The van der Waals surface area contributed by atoms with Crippen molar-refractivity contribution in [2.75, 3.05) is 29.6 Å². The normalized spacial score (nSPS) is 14.7. The van der Waals surface area contributed by atoms with Crippen LogP contribution in [0.3, 0.4) is 0 Å². The second kappa shape index (κ2) is 8.77. The Kier molecular flexibility index (Phi) is 5.90. The first-order valence-corrected chi connectivity index (χ1v) is 10.8. The molecule has 1 aliphatic heterocycles. The summed E-state index contributed by atoms with van der Waals surface area (Å²) in [6.45, 7) is 5.26. The van der Waals surface area contributed by atoms with Crippen LogP contribution in [0.25, 0.3) is 11.3 Å². The highest BCUT2D eigenvalue weighted by atomic mass is 32.2. The molecule has 2 heterocycles. The summed E-state index contributed by atoms with van der Waals surface area (Å²) in [7, 11) is 3.97. The van der Waals surface area contributed by atoms with Crippen molar-refractivity contribution in [2.24, 2.45) is 0 Å². The second-order valence-corrected chi connectivity index (χ2v) is 8.20. The fourth-order valence-corrected chi connectivity index (χ4v) is 3.91. The first kappa shape index (κ1) is 20.9. The van der Waals surface area contributed by atoms with Gasteiger partial charge in [0.05, 0.1) is 5.69 Å². The van der Waals surface area contributed by atoms with Gasteiger partial charge in [0.2, 0.25) is 23.2 Å². The lowest BCUT2D eigenvalue weighted by molar-refractivity contribution is -0.118. The van der Waals surface area contributed by atoms with Crippen LogP contribution in [-0.4, -0.2) is 40.9 Å². The van der Waals surface area contributed by atoms with Crippen LogP contribution in [0.1, 0.15) is 18.7 Å². The SMILES string of the molecule is C=CCSc1nnc2c(n1)O[C@H](c1ccc(N(C)C)cc1)N(C(C)=O)c1ccccc1-2. The molecule has 1 aliphatic rings. The van der Waals surface area contributed by atoms with Crippen LogP contribution in [0.4, 0.5) is 11.4 Å². The summed E-state index contributed by atoms with van der Waals surface area (Å²) < 4.78 is 6.36. The standard InChI is InChI=1S/C23H23N5O2S/c1-5-14-31-23-24-21-20(25-26-23)18-8-6-7-9-19(18)28(15(2)29)22(30-21)16-10-12-17(13-11-16)27(3)4/h5-13,22H,1,14H2,2-4H3/t22-/m1/s1. The van der Waals surface area contributed by atoms with Crippen molar-refractivity contribution in [3.8, 4) is 17.1 Å². The van der Waals surface area contributed by atoms with Gasteiger partial charge in [0.1, 0.15) is 0 Å². The number of benzene rings is 2. The predicted molar refractivity (Wildman–Crippen MR) is 123 cm³/mol. The molecular weight excluding hydrogens is 410 g/mol. The number of para-hydroxylation sites is 1. The van der Waals surface area contributed by atoms with Crippen LogP contribution in [0.2, 0.25) is 0 Å². The molecule has 0 spiro atoms. The summed E-state index contributed by atoms with van der Waals surface area (Å²) in [5.41, 5.74) is 3.86. The molecule has 3 aromatic rings. The molecular formula is C23H23N5O2S. The number of rotatable bonds is 5. The van der Waals surface area contributed by atoms with E-state index in [2.05, 4.69) is 21.8 Å². The molecule has 2 aromatic carbocycles. The lowest BCUT2D eigenvalue weighted by atomic mass is 10.1. The third kappa shape index (κ3) is 4.11. The molecule has 31 heavy (non-hydrogen) atoms. The number of hydrogen-bond acceptors (Lipinski definition) is 7. The molecule has 1 amide bonds. The highest BCUT2D eigenvalue weighted by molar-refractivity contribution is 7.99. The molecule has 7 nitrogen and oxygen atoms in total. The minimum atomic E-state index is -0.690. The number of aromatic nitrogens is 3. The molecule has 8 heteroatoms. The Morgan fingerprint density at radius 1 is 1.19 bits per heavy atom. The van der Waals surface area contributed by atoms with E-state index >= 15 is 0 Å². The van der Waals surface area contributed by atoms with Crippen molar-refractivity contribution >= 4 is 29.0 Å². The predicted octanol–water partition coefficient (Wildman–Crippen LogP) is 4.33. The number of anilines is 2. The van der Waals surface area contributed by atoms with Crippen LogP contribution in [0, 0.1) is 0 Å². The van der Waals surface area contributed by atoms with E-state index in [-0.39, 0.29) is 5.91 Å². The van der Waals surface area contributed by atoms with Crippen molar-refractivity contribution in [1.29, 1.82) is 0 Å². The number of carbonyl (C=O) groups excluding carboxylic acids is 1. The van der Waals surface area contributed by atoms with Gasteiger partial charge in [0.25, 0.3) is 0 Å². The summed E-state index contributed by atoms with van der Waals surface area (Å²) in [6.07, 6.45) is 1.09. The molecule has 0 saturated heterocycles. The van der Waals surface area contributed by atoms with Gasteiger partial charge < -0.3 is 9.64 Å². The topological polar surface area (TPSA) is 71.5 Å². The fraction of sp³-hybridized carbons (Fsp3) is 0.217. The number of amides is 1. The van der Waals surface area contributed by atoms with Gasteiger partial charge in [-0.3, -0.25) is 9.69 Å². The monoisotopic (exact) mass is 433 g/mol. The molecule has 1 aromatic heterocycles. The molecule has 0 saturated carbocycles. The van der Waals surface area contributed by atoms with E-state index in [0.29, 0.717) is 28.2 Å². The van der Waals surface area contributed by atoms with Crippen LogP contribution in [0.5, 0.6) is 5.88 Å². The Balaban J connectivity index is 1.87. The van der Waals surface area contributed by atoms with Crippen molar-refractivity contribution in [2.45, 2.75) is 18.3 Å². The van der Waals surface area contributed by atoms with Gasteiger partial charge in [0, 0.05) is 43.6 Å². The van der Waals surface area contributed by atoms with Gasteiger partial charge in [-0.05, 0) is 18.2 Å². The van der Waals surface area contributed by atoms with E-state index in [9.17, 15) is 4.79 Å². The summed E-state index contributed by atoms with van der Waals surface area (Å²) in [5, 5.41) is 9.12.